The Morgan fingerprint density at radius 1 is 1.17 bits per heavy atom. The van der Waals surface area contributed by atoms with E-state index >= 15 is 0 Å². The SMILES string of the molecule is CN1CCN(CCCC(F)(F)COI(C)C)CC1. The van der Waals surface area contributed by atoms with E-state index in [1.165, 1.54) is 0 Å². The van der Waals surface area contributed by atoms with Crippen LogP contribution in [0.4, 0.5) is 8.78 Å². The maximum atomic E-state index is 13.5. The summed E-state index contributed by atoms with van der Waals surface area (Å²) in [6.45, 7) is 4.48. The molecule has 1 aliphatic heterocycles. The minimum absolute atomic E-state index is 0.0523. The third-order valence-electron chi connectivity index (χ3n) is 3.10. The number of halogens is 3. The standard InChI is InChI=1S/C12H25F2IN2O/c1-15(2)18-11-12(13,14)5-4-6-17-9-7-16(3)8-10-17/h4-11H2,1-3H3. The molecule has 110 valence electrons. The summed E-state index contributed by atoms with van der Waals surface area (Å²) >= 11 is -1.49. The van der Waals surface area contributed by atoms with E-state index in [0.29, 0.717) is 6.42 Å². The van der Waals surface area contributed by atoms with Gasteiger partial charge in [-0.25, -0.2) is 0 Å². The van der Waals surface area contributed by atoms with Crippen molar-refractivity contribution in [1.29, 1.82) is 0 Å². The quantitative estimate of drug-likeness (QED) is 0.500. The third-order valence-corrected chi connectivity index (χ3v) is 4.65. The molecule has 18 heavy (non-hydrogen) atoms. The van der Waals surface area contributed by atoms with Gasteiger partial charge in [-0.15, -0.1) is 0 Å². The molecule has 0 aromatic rings. The van der Waals surface area contributed by atoms with Crippen molar-refractivity contribution in [2.24, 2.45) is 0 Å². The molecular weight excluding hydrogens is 353 g/mol. The van der Waals surface area contributed by atoms with E-state index in [1.54, 1.807) is 0 Å². The molecule has 0 bridgehead atoms. The molecular formula is C12H25F2IN2O. The van der Waals surface area contributed by atoms with Crippen molar-refractivity contribution >= 4 is 20.2 Å². The van der Waals surface area contributed by atoms with Crippen LogP contribution in [0.15, 0.2) is 0 Å². The van der Waals surface area contributed by atoms with Crippen LogP contribution in [0.2, 0.25) is 0 Å². The van der Waals surface area contributed by atoms with Crippen LogP contribution in [0, 0.1) is 0 Å². The van der Waals surface area contributed by atoms with Gasteiger partial charge in [-0.2, -0.15) is 0 Å². The Morgan fingerprint density at radius 3 is 2.33 bits per heavy atom. The van der Waals surface area contributed by atoms with E-state index in [2.05, 4.69) is 16.8 Å². The van der Waals surface area contributed by atoms with Gasteiger partial charge in [-0.3, -0.25) is 0 Å². The zero-order chi connectivity index (χ0) is 13.6. The van der Waals surface area contributed by atoms with E-state index in [1.807, 2.05) is 9.86 Å². The van der Waals surface area contributed by atoms with E-state index in [4.69, 9.17) is 3.07 Å². The maximum absolute atomic E-state index is 13.5. The first-order valence-electron chi connectivity index (χ1n) is 6.31. The van der Waals surface area contributed by atoms with Gasteiger partial charge >= 0.3 is 117 Å². The molecule has 0 unspecified atom stereocenters. The second-order valence-corrected chi connectivity index (χ2v) is 9.59. The van der Waals surface area contributed by atoms with Crippen molar-refractivity contribution in [3.63, 3.8) is 0 Å². The van der Waals surface area contributed by atoms with Crippen LogP contribution in [0.3, 0.4) is 0 Å². The molecule has 0 radical (unpaired) electrons. The molecule has 6 heteroatoms. The van der Waals surface area contributed by atoms with Gasteiger partial charge in [0.25, 0.3) is 0 Å². The Morgan fingerprint density at radius 2 is 1.78 bits per heavy atom. The third kappa shape index (κ3) is 7.16. The average Bonchev–Trinajstić information content (AvgIpc) is 2.29. The topological polar surface area (TPSA) is 15.7 Å². The first-order chi connectivity index (χ1) is 8.39. The normalized spacial score (nSPS) is 20.2. The summed E-state index contributed by atoms with van der Waals surface area (Å²) in [6.07, 6.45) is 0.505. The van der Waals surface area contributed by atoms with Gasteiger partial charge in [0.15, 0.2) is 0 Å². The van der Waals surface area contributed by atoms with E-state index in [0.717, 1.165) is 32.7 Å². The zero-order valence-electron chi connectivity index (χ0n) is 11.6. The van der Waals surface area contributed by atoms with Crippen molar-refractivity contribution in [1.82, 2.24) is 9.80 Å². The number of likely N-dealkylation sites (N-methyl/N-ethyl adjacent to an activating group) is 1. The zero-order valence-corrected chi connectivity index (χ0v) is 13.8. The predicted molar refractivity (Wildman–Crippen MR) is 79.9 cm³/mol. The molecule has 0 N–H and O–H groups in total. The first kappa shape index (κ1) is 16.5. The molecule has 0 aliphatic carbocycles. The van der Waals surface area contributed by atoms with Crippen molar-refractivity contribution in [2.75, 3.05) is 56.2 Å². The number of hydrogen-bond donors (Lipinski definition) is 0. The van der Waals surface area contributed by atoms with Crippen LogP contribution < -0.4 is 0 Å². The number of rotatable bonds is 7. The van der Waals surface area contributed by atoms with Crippen molar-refractivity contribution < 1.29 is 11.8 Å². The van der Waals surface area contributed by atoms with Gasteiger partial charge in [-0.05, 0) is 0 Å². The monoisotopic (exact) mass is 378 g/mol. The van der Waals surface area contributed by atoms with Gasteiger partial charge in [0.1, 0.15) is 0 Å². The fourth-order valence-electron chi connectivity index (χ4n) is 1.89. The van der Waals surface area contributed by atoms with Crippen LogP contribution in [0.1, 0.15) is 12.8 Å². The summed E-state index contributed by atoms with van der Waals surface area (Å²) in [5, 5.41) is 0. The number of alkyl halides is 4. The molecule has 0 spiro atoms. The summed E-state index contributed by atoms with van der Waals surface area (Å²) in [5.74, 6) is -2.64. The Hall–Kier alpha value is 0.470. The number of nitrogens with zero attached hydrogens (tertiary/aromatic N) is 2. The van der Waals surface area contributed by atoms with Gasteiger partial charge in [0, 0.05) is 0 Å². The summed E-state index contributed by atoms with van der Waals surface area (Å²) in [5.41, 5.74) is 0. The Labute approximate surface area is 117 Å². The number of piperazine rings is 1. The Balaban J connectivity index is 2.12. The van der Waals surface area contributed by atoms with Crippen molar-refractivity contribution in [2.45, 2.75) is 18.8 Å². The molecule has 1 heterocycles. The fraction of sp³-hybridized carbons (Fsp3) is 1.00. The van der Waals surface area contributed by atoms with E-state index in [9.17, 15) is 8.78 Å². The second kappa shape index (κ2) is 7.91. The predicted octanol–water partition coefficient (Wildman–Crippen LogP) is 2.35. The minimum atomic E-state index is -2.64. The molecule has 1 aliphatic rings. The second-order valence-electron chi connectivity index (χ2n) is 5.04. The fourth-order valence-corrected chi connectivity index (χ4v) is 2.97. The summed E-state index contributed by atoms with van der Waals surface area (Å²) in [7, 11) is 2.10. The van der Waals surface area contributed by atoms with Crippen LogP contribution in [0.25, 0.3) is 0 Å². The number of hydrogen-bond acceptors (Lipinski definition) is 3. The molecule has 0 aromatic carbocycles. The molecule has 0 saturated carbocycles. The molecule has 1 saturated heterocycles. The molecule has 1 rings (SSSR count). The van der Waals surface area contributed by atoms with Gasteiger partial charge < -0.3 is 0 Å². The molecule has 3 nitrogen and oxygen atoms in total. The van der Waals surface area contributed by atoms with Crippen LogP contribution in [0.5, 0.6) is 0 Å². The first-order valence-corrected chi connectivity index (χ1v) is 11.5. The van der Waals surface area contributed by atoms with Crippen LogP contribution in [-0.2, 0) is 3.07 Å². The molecule has 0 amide bonds. The van der Waals surface area contributed by atoms with E-state index < -0.39 is 26.2 Å². The molecule has 0 aromatic heterocycles. The van der Waals surface area contributed by atoms with Crippen LogP contribution >= 0.6 is 20.2 Å². The van der Waals surface area contributed by atoms with Gasteiger partial charge in [0.2, 0.25) is 0 Å². The van der Waals surface area contributed by atoms with Crippen molar-refractivity contribution in [3.8, 4) is 0 Å². The average molecular weight is 378 g/mol. The summed E-state index contributed by atoms with van der Waals surface area (Å²) < 4.78 is 32.1. The molecule has 0 atom stereocenters. The molecule has 1 fully saturated rings. The summed E-state index contributed by atoms with van der Waals surface area (Å²) in [6, 6.07) is 0. The van der Waals surface area contributed by atoms with Crippen molar-refractivity contribution in [3.05, 3.63) is 0 Å². The van der Waals surface area contributed by atoms with E-state index in [-0.39, 0.29) is 13.0 Å². The summed E-state index contributed by atoms with van der Waals surface area (Å²) in [4.78, 5) is 8.41. The Bertz CT molecular complexity index is 234. The van der Waals surface area contributed by atoms with Gasteiger partial charge in [-0.1, -0.05) is 0 Å². The Kier molecular flexibility index (Phi) is 7.27. The van der Waals surface area contributed by atoms with Crippen LogP contribution in [-0.4, -0.2) is 72.0 Å². The van der Waals surface area contributed by atoms with Gasteiger partial charge in [0.05, 0.1) is 0 Å².